The molecule has 0 saturated heterocycles. The molecule has 1 heterocycles. The van der Waals surface area contributed by atoms with Crippen LogP contribution in [0.4, 0.5) is 10.1 Å². The van der Waals surface area contributed by atoms with Crippen LogP contribution in [-0.4, -0.2) is 35.4 Å². The number of esters is 1. The third-order valence-electron chi connectivity index (χ3n) is 3.97. The lowest BCUT2D eigenvalue weighted by molar-refractivity contribution is 0.0431. The number of fused-ring (bicyclic) bond motifs is 1. The zero-order chi connectivity index (χ0) is 17.3. The molecule has 0 amide bonds. The van der Waals surface area contributed by atoms with Gasteiger partial charge in [-0.2, -0.15) is 0 Å². The Balaban J connectivity index is 2.19. The monoisotopic (exact) mass is 334 g/mol. The minimum Gasteiger partial charge on any atom is -0.460 e. The van der Waals surface area contributed by atoms with Crippen molar-refractivity contribution < 1.29 is 19.0 Å². The molecule has 0 radical (unpaired) electrons. The van der Waals surface area contributed by atoms with Gasteiger partial charge in [-0.1, -0.05) is 0 Å². The van der Waals surface area contributed by atoms with Crippen molar-refractivity contribution in [1.82, 2.24) is 4.57 Å². The molecule has 2 aromatic rings. The Morgan fingerprint density at radius 2 is 2.21 bits per heavy atom. The van der Waals surface area contributed by atoms with Gasteiger partial charge in [-0.05, 0) is 31.9 Å². The second kappa shape index (κ2) is 6.60. The summed E-state index contributed by atoms with van der Waals surface area (Å²) in [6.07, 6.45) is 3.36. The number of ether oxygens (including phenoxy) is 1. The summed E-state index contributed by atoms with van der Waals surface area (Å²) in [5, 5.41) is 11.8. The number of carbonyl (C=O) groups is 1. The Morgan fingerprint density at radius 3 is 2.83 bits per heavy atom. The van der Waals surface area contributed by atoms with Gasteiger partial charge in [-0.15, -0.1) is 0 Å². The van der Waals surface area contributed by atoms with Crippen LogP contribution in [0.5, 0.6) is 0 Å². The number of hydrogen-bond donors (Lipinski definition) is 2. The van der Waals surface area contributed by atoms with E-state index in [2.05, 4.69) is 5.32 Å². The second-order valence-electron chi connectivity index (χ2n) is 5.75. The van der Waals surface area contributed by atoms with Crippen LogP contribution in [0.3, 0.4) is 0 Å². The third kappa shape index (κ3) is 2.99. The number of halogens is 1. The second-order valence-corrected chi connectivity index (χ2v) is 5.75. The van der Waals surface area contributed by atoms with E-state index in [1.165, 1.54) is 6.20 Å². The molecule has 7 heteroatoms. The van der Waals surface area contributed by atoms with E-state index in [9.17, 15) is 14.0 Å². The Bertz CT molecular complexity index is 843. The first-order valence-corrected chi connectivity index (χ1v) is 7.97. The van der Waals surface area contributed by atoms with E-state index in [0.29, 0.717) is 17.7 Å². The lowest BCUT2D eigenvalue weighted by Gasteiger charge is -2.14. The quantitative estimate of drug-likeness (QED) is 0.791. The summed E-state index contributed by atoms with van der Waals surface area (Å²) in [6.45, 7) is 1.91. The number of carbonyl (C=O) groups excluding carboxylic acids is 1. The third-order valence-corrected chi connectivity index (χ3v) is 3.97. The van der Waals surface area contributed by atoms with Crippen molar-refractivity contribution in [3.63, 3.8) is 0 Å². The molecule has 1 aliphatic rings. The van der Waals surface area contributed by atoms with Gasteiger partial charge in [-0.3, -0.25) is 4.79 Å². The highest BCUT2D eigenvalue weighted by Gasteiger charge is 2.27. The van der Waals surface area contributed by atoms with E-state index < -0.39 is 17.2 Å². The van der Waals surface area contributed by atoms with Crippen LogP contribution >= 0.6 is 0 Å². The van der Waals surface area contributed by atoms with Gasteiger partial charge in [0.25, 0.3) is 0 Å². The predicted octanol–water partition coefficient (Wildman–Crippen LogP) is 2.06. The molecule has 1 saturated carbocycles. The topological polar surface area (TPSA) is 80.6 Å². The van der Waals surface area contributed by atoms with Crippen molar-refractivity contribution in [2.24, 2.45) is 0 Å². The summed E-state index contributed by atoms with van der Waals surface area (Å²) in [5.74, 6) is -1.34. The molecule has 0 bridgehead atoms. The number of nitrogens with zero attached hydrogens (tertiary/aromatic N) is 1. The number of nitrogens with one attached hydrogen (secondary N) is 1. The molecule has 0 spiro atoms. The molecule has 6 nitrogen and oxygen atoms in total. The van der Waals surface area contributed by atoms with Crippen molar-refractivity contribution in [3.8, 4) is 0 Å². The Morgan fingerprint density at radius 1 is 1.46 bits per heavy atom. The molecule has 0 unspecified atom stereocenters. The average molecular weight is 334 g/mol. The van der Waals surface area contributed by atoms with Crippen LogP contribution in [0.25, 0.3) is 10.9 Å². The van der Waals surface area contributed by atoms with Crippen LogP contribution in [0.2, 0.25) is 0 Å². The highest BCUT2D eigenvalue weighted by Crippen LogP contribution is 2.37. The van der Waals surface area contributed by atoms with Crippen LogP contribution in [0, 0.1) is 5.82 Å². The Hall–Kier alpha value is -2.41. The number of anilines is 1. The fourth-order valence-electron chi connectivity index (χ4n) is 2.71. The van der Waals surface area contributed by atoms with Gasteiger partial charge >= 0.3 is 5.97 Å². The van der Waals surface area contributed by atoms with Crippen molar-refractivity contribution in [2.45, 2.75) is 25.8 Å². The number of benzene rings is 1. The highest BCUT2D eigenvalue weighted by molar-refractivity contribution is 5.94. The predicted molar refractivity (Wildman–Crippen MR) is 88.0 cm³/mol. The zero-order valence-electron chi connectivity index (χ0n) is 13.3. The molecule has 1 aliphatic carbocycles. The smallest absolute Gasteiger partial charge is 0.343 e. The first kappa shape index (κ1) is 16.4. The van der Waals surface area contributed by atoms with E-state index in [0.717, 1.165) is 18.9 Å². The lowest BCUT2D eigenvalue weighted by Crippen LogP contribution is -2.22. The molecule has 0 aliphatic heterocycles. The number of pyridine rings is 1. The summed E-state index contributed by atoms with van der Waals surface area (Å²) in [7, 11) is 0. The maximum Gasteiger partial charge on any atom is 0.343 e. The number of hydrogen-bond acceptors (Lipinski definition) is 5. The SMILES string of the molecule is CCNc1cc2c(cc1F)c(=O)c(C(=O)OCCO)cn2C1CC1. The molecule has 0 atom stereocenters. The molecule has 3 rings (SSSR count). The van der Waals surface area contributed by atoms with E-state index in [-0.39, 0.29) is 30.2 Å². The highest BCUT2D eigenvalue weighted by atomic mass is 19.1. The maximum absolute atomic E-state index is 14.2. The summed E-state index contributed by atoms with van der Waals surface area (Å²) >= 11 is 0. The fraction of sp³-hybridized carbons (Fsp3) is 0.412. The number of aliphatic hydroxyl groups is 1. The normalized spacial score (nSPS) is 14.0. The standard InChI is InChI=1S/C17H19FN2O4/c1-2-19-14-8-15-11(7-13(14)18)16(22)12(17(23)24-6-5-21)9-20(15)10-3-4-10/h7-10,19,21H,2-6H2,1H3. The van der Waals surface area contributed by atoms with Gasteiger partial charge in [-0.25, -0.2) is 9.18 Å². The first-order valence-electron chi connectivity index (χ1n) is 7.97. The largest absolute Gasteiger partial charge is 0.460 e. The minimum absolute atomic E-state index is 0.140. The molecular formula is C17H19FN2O4. The van der Waals surface area contributed by atoms with Gasteiger partial charge < -0.3 is 19.7 Å². The first-order chi connectivity index (χ1) is 11.6. The molecule has 2 N–H and O–H groups in total. The molecule has 1 fully saturated rings. The van der Waals surface area contributed by atoms with Crippen LogP contribution in [-0.2, 0) is 4.74 Å². The van der Waals surface area contributed by atoms with E-state index >= 15 is 0 Å². The zero-order valence-corrected chi connectivity index (χ0v) is 13.3. The number of aliphatic hydroxyl groups excluding tert-OH is 1. The van der Waals surface area contributed by atoms with Crippen LogP contribution in [0.1, 0.15) is 36.2 Å². The number of aromatic nitrogens is 1. The van der Waals surface area contributed by atoms with Gasteiger partial charge in [0.05, 0.1) is 17.8 Å². The molecule has 128 valence electrons. The molecular weight excluding hydrogens is 315 g/mol. The van der Waals surface area contributed by atoms with Crippen LogP contribution in [0.15, 0.2) is 23.1 Å². The van der Waals surface area contributed by atoms with Crippen molar-refractivity contribution in [1.29, 1.82) is 0 Å². The minimum atomic E-state index is -0.804. The summed E-state index contributed by atoms with van der Waals surface area (Å²) in [5.41, 5.74) is 0.221. The summed E-state index contributed by atoms with van der Waals surface area (Å²) in [6, 6.07) is 2.96. The Labute approximate surface area is 137 Å². The van der Waals surface area contributed by atoms with E-state index in [1.807, 2.05) is 11.5 Å². The van der Waals surface area contributed by atoms with Gasteiger partial charge in [0.1, 0.15) is 18.0 Å². The van der Waals surface area contributed by atoms with Crippen molar-refractivity contribution in [2.75, 3.05) is 25.1 Å². The summed E-state index contributed by atoms with van der Waals surface area (Å²) in [4.78, 5) is 24.7. The molecule has 1 aromatic carbocycles. The molecule has 1 aromatic heterocycles. The lowest BCUT2D eigenvalue weighted by atomic mass is 10.1. The Kier molecular flexibility index (Phi) is 4.53. The summed E-state index contributed by atoms with van der Waals surface area (Å²) < 4.78 is 20.9. The average Bonchev–Trinajstić information content (AvgIpc) is 3.39. The van der Waals surface area contributed by atoms with E-state index in [1.54, 1.807) is 6.07 Å². The van der Waals surface area contributed by atoms with Gasteiger partial charge in [0.15, 0.2) is 0 Å². The maximum atomic E-state index is 14.2. The molecule has 24 heavy (non-hydrogen) atoms. The van der Waals surface area contributed by atoms with Gasteiger partial charge in [0, 0.05) is 24.2 Å². The van der Waals surface area contributed by atoms with Crippen molar-refractivity contribution >= 4 is 22.6 Å². The van der Waals surface area contributed by atoms with E-state index in [4.69, 9.17) is 9.84 Å². The fourth-order valence-corrected chi connectivity index (χ4v) is 2.71. The van der Waals surface area contributed by atoms with Crippen LogP contribution < -0.4 is 10.7 Å². The van der Waals surface area contributed by atoms with Gasteiger partial charge in [0.2, 0.25) is 5.43 Å². The van der Waals surface area contributed by atoms with Crippen molar-refractivity contribution in [3.05, 3.63) is 39.9 Å². The number of rotatable bonds is 6.